The van der Waals surface area contributed by atoms with Gasteiger partial charge in [0.05, 0.1) is 6.61 Å². The first kappa shape index (κ1) is 21.3. The molecule has 160 valence electrons. The molecule has 2 amide bonds. The van der Waals surface area contributed by atoms with Crippen molar-refractivity contribution in [2.45, 2.75) is 25.8 Å². The number of hydrogen-bond acceptors (Lipinski definition) is 6. The van der Waals surface area contributed by atoms with Crippen molar-refractivity contribution in [2.75, 3.05) is 26.3 Å². The molecule has 0 atom stereocenters. The molecule has 2 aromatic carbocycles. The van der Waals surface area contributed by atoms with E-state index >= 15 is 0 Å². The Hall–Kier alpha value is -3.42. The van der Waals surface area contributed by atoms with Gasteiger partial charge in [0.15, 0.2) is 6.61 Å². The molecule has 1 aliphatic rings. The van der Waals surface area contributed by atoms with Crippen molar-refractivity contribution in [1.29, 1.82) is 0 Å². The van der Waals surface area contributed by atoms with Gasteiger partial charge in [0.1, 0.15) is 23.0 Å². The first-order valence-electron chi connectivity index (χ1n) is 9.92. The number of nitrogens with zero attached hydrogens (tertiary/aromatic N) is 1. The summed E-state index contributed by atoms with van der Waals surface area (Å²) >= 11 is 0. The molecule has 0 spiro atoms. The lowest BCUT2D eigenvalue weighted by Gasteiger charge is -2.32. The van der Waals surface area contributed by atoms with E-state index in [1.165, 1.54) is 18.2 Å². The van der Waals surface area contributed by atoms with Gasteiger partial charge in [-0.05, 0) is 56.2 Å². The van der Waals surface area contributed by atoms with Gasteiger partial charge in [-0.2, -0.15) is 0 Å². The predicted molar refractivity (Wildman–Crippen MR) is 110 cm³/mol. The third-order valence-electron chi connectivity index (χ3n) is 4.80. The summed E-state index contributed by atoms with van der Waals surface area (Å²) in [5.41, 5.74) is 0.235. The molecule has 0 unspecified atom stereocenters. The van der Waals surface area contributed by atoms with E-state index < -0.39 is 0 Å². The van der Waals surface area contributed by atoms with Crippen LogP contribution < -0.4 is 14.8 Å². The van der Waals surface area contributed by atoms with E-state index in [0.717, 1.165) is 5.75 Å². The van der Waals surface area contributed by atoms with E-state index in [2.05, 4.69) is 5.32 Å². The second kappa shape index (κ2) is 9.87. The van der Waals surface area contributed by atoms with Crippen LogP contribution in [0.1, 0.15) is 30.1 Å². The molecule has 8 heteroatoms. The average Bonchev–Trinajstić information content (AvgIpc) is 2.73. The summed E-state index contributed by atoms with van der Waals surface area (Å²) in [5, 5.41) is 22.0. The molecule has 2 aromatic rings. The zero-order valence-electron chi connectivity index (χ0n) is 16.8. The predicted octanol–water partition coefficient (Wildman–Crippen LogP) is 2.30. The monoisotopic (exact) mass is 414 g/mol. The molecular weight excluding hydrogens is 388 g/mol. The molecule has 1 fully saturated rings. The van der Waals surface area contributed by atoms with Crippen molar-refractivity contribution in [2.24, 2.45) is 0 Å². The maximum Gasteiger partial charge on any atom is 0.258 e. The molecule has 1 aliphatic heterocycles. The van der Waals surface area contributed by atoms with Crippen LogP contribution in [0.15, 0.2) is 42.5 Å². The number of ether oxygens (including phenoxy) is 2. The van der Waals surface area contributed by atoms with Crippen LogP contribution in [0.3, 0.4) is 0 Å². The number of benzene rings is 2. The van der Waals surface area contributed by atoms with E-state index in [-0.39, 0.29) is 41.5 Å². The van der Waals surface area contributed by atoms with Gasteiger partial charge in [0, 0.05) is 30.8 Å². The minimum Gasteiger partial charge on any atom is -0.508 e. The summed E-state index contributed by atoms with van der Waals surface area (Å²) < 4.78 is 10.9. The molecule has 0 bridgehead atoms. The third kappa shape index (κ3) is 5.79. The second-order valence-electron chi connectivity index (χ2n) is 7.07. The minimum absolute atomic E-state index is 0.0388. The van der Waals surface area contributed by atoms with Crippen LogP contribution in [-0.2, 0) is 4.79 Å². The largest absolute Gasteiger partial charge is 0.508 e. The Morgan fingerprint density at radius 3 is 2.13 bits per heavy atom. The van der Waals surface area contributed by atoms with E-state index in [4.69, 9.17) is 9.47 Å². The smallest absolute Gasteiger partial charge is 0.258 e. The number of piperidine rings is 1. The highest BCUT2D eigenvalue weighted by atomic mass is 16.5. The fraction of sp³-hybridized carbons (Fsp3) is 0.364. The van der Waals surface area contributed by atoms with Gasteiger partial charge in [-0.15, -0.1) is 0 Å². The number of phenolic OH excluding ortho intramolecular Hbond substituents is 2. The van der Waals surface area contributed by atoms with E-state index in [1.54, 1.807) is 29.2 Å². The van der Waals surface area contributed by atoms with Crippen molar-refractivity contribution in [3.8, 4) is 23.0 Å². The summed E-state index contributed by atoms with van der Waals surface area (Å²) in [6.07, 6.45) is 1.23. The summed E-state index contributed by atoms with van der Waals surface area (Å²) in [6.45, 7) is 3.35. The molecule has 0 aliphatic carbocycles. The summed E-state index contributed by atoms with van der Waals surface area (Å²) in [5.74, 6) is 0.539. The topological polar surface area (TPSA) is 108 Å². The molecule has 1 heterocycles. The van der Waals surface area contributed by atoms with Crippen LogP contribution >= 0.6 is 0 Å². The third-order valence-corrected chi connectivity index (χ3v) is 4.80. The Balaban J connectivity index is 1.42. The molecule has 30 heavy (non-hydrogen) atoms. The van der Waals surface area contributed by atoms with Crippen LogP contribution in [0.25, 0.3) is 0 Å². The number of carbonyl (C=O) groups excluding carboxylic acids is 2. The van der Waals surface area contributed by atoms with Crippen molar-refractivity contribution in [3.63, 3.8) is 0 Å². The maximum absolute atomic E-state index is 12.5. The first-order chi connectivity index (χ1) is 14.4. The fourth-order valence-electron chi connectivity index (χ4n) is 3.35. The van der Waals surface area contributed by atoms with Crippen LogP contribution in [-0.4, -0.2) is 59.3 Å². The molecule has 3 rings (SSSR count). The lowest BCUT2D eigenvalue weighted by molar-refractivity contribution is -0.124. The molecule has 1 saturated heterocycles. The van der Waals surface area contributed by atoms with Gasteiger partial charge < -0.3 is 29.9 Å². The van der Waals surface area contributed by atoms with E-state index in [0.29, 0.717) is 38.3 Å². The number of nitrogens with one attached hydrogen (secondary N) is 1. The summed E-state index contributed by atoms with van der Waals surface area (Å²) in [7, 11) is 0. The number of likely N-dealkylation sites (tertiary alicyclic amines) is 1. The van der Waals surface area contributed by atoms with Gasteiger partial charge in [0.25, 0.3) is 11.8 Å². The number of amides is 2. The molecular formula is C22H26N2O6. The lowest BCUT2D eigenvalue weighted by Crippen LogP contribution is -2.47. The van der Waals surface area contributed by atoms with E-state index in [9.17, 15) is 19.8 Å². The van der Waals surface area contributed by atoms with Crippen molar-refractivity contribution >= 4 is 11.8 Å². The highest BCUT2D eigenvalue weighted by Gasteiger charge is 2.25. The minimum atomic E-state index is -0.259. The van der Waals surface area contributed by atoms with Crippen LogP contribution in [0, 0.1) is 0 Å². The highest BCUT2D eigenvalue weighted by Crippen LogP contribution is 2.23. The molecule has 0 saturated carbocycles. The number of rotatable bonds is 7. The Bertz CT molecular complexity index is 855. The quantitative estimate of drug-likeness (QED) is 0.642. The number of aromatic hydroxyl groups is 2. The van der Waals surface area contributed by atoms with Crippen LogP contribution in [0.2, 0.25) is 0 Å². The molecule has 3 N–H and O–H groups in total. The standard InChI is InChI=1S/C22H26N2O6/c1-2-29-19-3-5-20(6-4-19)30-14-21(27)23-16-7-9-24(10-8-16)22(28)15-11-17(25)13-18(26)12-15/h3-6,11-13,16,25-26H,2,7-10,14H2,1H3,(H,23,27). The SMILES string of the molecule is CCOc1ccc(OCC(=O)NC2CCN(C(=O)c3cc(O)cc(O)c3)CC2)cc1. The molecule has 0 radical (unpaired) electrons. The fourth-order valence-corrected chi connectivity index (χ4v) is 3.35. The van der Waals surface area contributed by atoms with E-state index in [1.807, 2.05) is 6.92 Å². The number of hydrogen-bond donors (Lipinski definition) is 3. The van der Waals surface area contributed by atoms with Crippen molar-refractivity contribution in [1.82, 2.24) is 10.2 Å². The average molecular weight is 414 g/mol. The zero-order chi connectivity index (χ0) is 21.5. The van der Waals surface area contributed by atoms with Gasteiger partial charge in [0.2, 0.25) is 0 Å². The Morgan fingerprint density at radius 1 is 1.00 bits per heavy atom. The number of phenols is 2. The molecule has 0 aromatic heterocycles. The van der Waals surface area contributed by atoms with Crippen LogP contribution in [0.4, 0.5) is 0 Å². The Kier molecular flexibility index (Phi) is 7.00. The Morgan fingerprint density at radius 2 is 1.57 bits per heavy atom. The van der Waals surface area contributed by atoms with Gasteiger partial charge in [-0.25, -0.2) is 0 Å². The molecule has 8 nitrogen and oxygen atoms in total. The second-order valence-corrected chi connectivity index (χ2v) is 7.07. The summed E-state index contributed by atoms with van der Waals surface area (Å²) in [6, 6.07) is 10.9. The Labute approximate surface area is 175 Å². The van der Waals surface area contributed by atoms with Crippen molar-refractivity contribution < 1.29 is 29.3 Å². The zero-order valence-corrected chi connectivity index (χ0v) is 16.8. The maximum atomic E-state index is 12.5. The highest BCUT2D eigenvalue weighted by molar-refractivity contribution is 5.95. The summed E-state index contributed by atoms with van der Waals surface area (Å²) in [4.78, 5) is 26.4. The van der Waals surface area contributed by atoms with Crippen molar-refractivity contribution in [3.05, 3.63) is 48.0 Å². The number of carbonyl (C=O) groups is 2. The van der Waals surface area contributed by atoms with Gasteiger partial charge in [-0.1, -0.05) is 0 Å². The van der Waals surface area contributed by atoms with Gasteiger partial charge >= 0.3 is 0 Å². The van der Waals surface area contributed by atoms with Crippen LogP contribution in [0.5, 0.6) is 23.0 Å². The lowest BCUT2D eigenvalue weighted by atomic mass is 10.0. The normalized spacial score (nSPS) is 14.2. The first-order valence-corrected chi connectivity index (χ1v) is 9.92. The van der Waals surface area contributed by atoms with Gasteiger partial charge in [-0.3, -0.25) is 9.59 Å².